The van der Waals surface area contributed by atoms with E-state index in [-0.39, 0.29) is 5.41 Å². The van der Waals surface area contributed by atoms with Crippen molar-refractivity contribution in [1.82, 2.24) is 0 Å². The van der Waals surface area contributed by atoms with Gasteiger partial charge in [-0.15, -0.1) is 0 Å². The molecule has 0 N–H and O–H groups in total. The number of pyridine rings is 1. The molecule has 0 aliphatic heterocycles. The number of rotatable bonds is 4. The highest BCUT2D eigenvalue weighted by Gasteiger charge is 2.25. The van der Waals surface area contributed by atoms with Crippen molar-refractivity contribution >= 4 is 0 Å². The van der Waals surface area contributed by atoms with Gasteiger partial charge in [0.25, 0.3) is 0 Å². The van der Waals surface area contributed by atoms with Crippen molar-refractivity contribution in [3.05, 3.63) is 53.7 Å². The molecule has 2 aromatic rings. The highest BCUT2D eigenvalue weighted by atomic mass is 14.9. The van der Waals surface area contributed by atoms with Gasteiger partial charge in [-0.1, -0.05) is 39.0 Å². The summed E-state index contributed by atoms with van der Waals surface area (Å²) in [7, 11) is 2.00. The van der Waals surface area contributed by atoms with Gasteiger partial charge in [-0.25, -0.2) is 4.57 Å². The summed E-state index contributed by atoms with van der Waals surface area (Å²) in [5.41, 5.74) is 4.78. The lowest BCUT2D eigenvalue weighted by Crippen LogP contribution is -2.34. The van der Waals surface area contributed by atoms with Gasteiger partial charge in [0.1, 0.15) is 8.42 Å². The molecule has 2 rings (SSSR count). The van der Waals surface area contributed by atoms with Gasteiger partial charge in [0, 0.05) is 17.2 Å². The quantitative estimate of drug-likeness (QED) is 0.716. The maximum atomic E-state index is 8.58. The smallest absolute Gasteiger partial charge is 0.201 e. The van der Waals surface area contributed by atoms with E-state index in [1.165, 1.54) is 11.1 Å². The molecular formula is C19H26N+. The molecule has 1 nitrogen and oxygen atoms in total. The fourth-order valence-corrected chi connectivity index (χ4v) is 2.65. The maximum Gasteiger partial charge on any atom is 0.212 e. The van der Waals surface area contributed by atoms with Crippen molar-refractivity contribution in [1.29, 1.82) is 0 Å². The van der Waals surface area contributed by atoms with Crippen molar-refractivity contribution in [2.45, 2.75) is 46.0 Å². The van der Waals surface area contributed by atoms with E-state index in [1.807, 2.05) is 11.6 Å². The fourth-order valence-electron chi connectivity index (χ4n) is 2.65. The number of hydrogen-bond acceptors (Lipinski definition) is 0. The number of hydrogen-bond donors (Lipinski definition) is 0. The Morgan fingerprint density at radius 2 is 1.75 bits per heavy atom. The van der Waals surface area contributed by atoms with Crippen LogP contribution in [-0.4, -0.2) is 0 Å². The van der Waals surface area contributed by atoms with E-state index in [1.54, 1.807) is 0 Å². The van der Waals surface area contributed by atoms with Crippen LogP contribution in [0.4, 0.5) is 0 Å². The number of benzene rings is 1. The fraction of sp³-hybridized carbons (Fsp3) is 0.421. The van der Waals surface area contributed by atoms with Gasteiger partial charge in [-0.05, 0) is 42.9 Å². The lowest BCUT2D eigenvalue weighted by Gasteiger charge is -2.26. The molecule has 0 fully saturated rings. The lowest BCUT2D eigenvalue weighted by atomic mass is 9.78. The van der Waals surface area contributed by atoms with E-state index in [0.29, 0.717) is 6.17 Å². The molecule has 1 aromatic carbocycles. The Kier molecular flexibility index (Phi) is 3.86. The molecule has 0 amide bonds. The Morgan fingerprint density at radius 3 is 2.35 bits per heavy atom. The van der Waals surface area contributed by atoms with Crippen molar-refractivity contribution < 1.29 is 5.94 Å². The van der Waals surface area contributed by atoms with E-state index < -0.39 is 0 Å². The molecule has 0 saturated carbocycles. The summed E-state index contributed by atoms with van der Waals surface area (Å²) >= 11 is 0. The van der Waals surface area contributed by atoms with E-state index in [2.05, 4.69) is 64.1 Å². The molecule has 0 spiro atoms. The van der Waals surface area contributed by atoms with Crippen molar-refractivity contribution in [3.63, 3.8) is 0 Å². The SMILES string of the molecule is [2H]c1c(C(C)(CC)CC)ccc(-c2ccccc2C)[n+]1C. The average molecular weight is 269 g/mol. The van der Waals surface area contributed by atoms with Crippen LogP contribution < -0.4 is 4.57 Å². The third kappa shape index (κ3) is 2.63. The Balaban J connectivity index is 2.61. The molecular weight excluding hydrogens is 242 g/mol. The van der Waals surface area contributed by atoms with Crippen LogP contribution in [0.25, 0.3) is 11.3 Å². The molecule has 0 aliphatic rings. The second kappa shape index (κ2) is 5.78. The molecule has 0 unspecified atom stereocenters. The number of aryl methyl sites for hydroxylation is 1. The van der Waals surface area contributed by atoms with Gasteiger partial charge in [0.2, 0.25) is 5.69 Å². The van der Waals surface area contributed by atoms with E-state index >= 15 is 0 Å². The zero-order valence-electron chi connectivity index (χ0n) is 14.3. The van der Waals surface area contributed by atoms with Crippen molar-refractivity contribution in [2.75, 3.05) is 0 Å². The van der Waals surface area contributed by atoms with E-state index in [9.17, 15) is 0 Å². The standard InChI is InChI=1S/C19H26N/c1-6-19(4,7-2)16-12-13-18(20(5)14-16)17-11-9-8-10-15(17)3/h8-14H,6-7H2,1-5H3/q+1/i14D. The second-order valence-electron chi connectivity index (χ2n) is 5.89. The molecule has 0 saturated heterocycles. The number of nitrogens with zero attached hydrogens (tertiary/aromatic N) is 1. The Morgan fingerprint density at radius 1 is 1.10 bits per heavy atom. The Labute approximate surface area is 124 Å². The predicted octanol–water partition coefficient (Wildman–Crippen LogP) is 4.56. The molecule has 1 heteroatoms. The monoisotopic (exact) mass is 269 g/mol. The van der Waals surface area contributed by atoms with Gasteiger partial charge in [-0.3, -0.25) is 0 Å². The third-order valence-corrected chi connectivity index (χ3v) is 4.69. The van der Waals surface area contributed by atoms with Gasteiger partial charge in [0.15, 0.2) is 6.17 Å². The molecule has 1 heterocycles. The normalized spacial score (nSPS) is 12.3. The first-order valence-electron chi connectivity index (χ1n) is 8.00. The van der Waals surface area contributed by atoms with Crippen LogP contribution in [0.3, 0.4) is 0 Å². The zero-order valence-corrected chi connectivity index (χ0v) is 13.3. The molecule has 0 bridgehead atoms. The molecule has 1 aromatic heterocycles. The molecule has 20 heavy (non-hydrogen) atoms. The van der Waals surface area contributed by atoms with Gasteiger partial charge in [0.05, 0.1) is 0 Å². The highest BCUT2D eigenvalue weighted by molar-refractivity contribution is 5.60. The summed E-state index contributed by atoms with van der Waals surface area (Å²) in [6.45, 7) is 8.79. The van der Waals surface area contributed by atoms with Crippen molar-refractivity contribution in [3.8, 4) is 11.3 Å². The molecule has 0 atom stereocenters. The zero-order chi connectivity index (χ0) is 15.6. The predicted molar refractivity (Wildman–Crippen MR) is 85.7 cm³/mol. The van der Waals surface area contributed by atoms with Crippen LogP contribution in [0.5, 0.6) is 0 Å². The maximum absolute atomic E-state index is 8.58. The van der Waals surface area contributed by atoms with Gasteiger partial charge < -0.3 is 0 Å². The molecule has 0 radical (unpaired) electrons. The van der Waals surface area contributed by atoms with E-state index in [4.69, 9.17) is 1.37 Å². The molecule has 0 aliphatic carbocycles. The Bertz CT molecular complexity index is 642. The Hall–Kier alpha value is -1.63. The van der Waals surface area contributed by atoms with Crippen molar-refractivity contribution in [2.24, 2.45) is 7.05 Å². The van der Waals surface area contributed by atoms with Crippen LogP contribution in [0.1, 0.15) is 46.1 Å². The van der Waals surface area contributed by atoms with E-state index in [0.717, 1.165) is 24.1 Å². The third-order valence-electron chi connectivity index (χ3n) is 4.69. The minimum atomic E-state index is 0.0824. The largest absolute Gasteiger partial charge is 0.212 e. The summed E-state index contributed by atoms with van der Waals surface area (Å²) in [4.78, 5) is 0. The highest BCUT2D eigenvalue weighted by Crippen LogP contribution is 2.31. The van der Waals surface area contributed by atoms with Crippen LogP contribution in [0, 0.1) is 6.92 Å². The minimum Gasteiger partial charge on any atom is -0.201 e. The minimum absolute atomic E-state index is 0.0824. The topological polar surface area (TPSA) is 3.88 Å². The summed E-state index contributed by atoms with van der Waals surface area (Å²) < 4.78 is 10.6. The first kappa shape index (κ1) is 13.4. The second-order valence-corrected chi connectivity index (χ2v) is 5.89. The summed E-state index contributed by atoms with van der Waals surface area (Å²) in [5, 5.41) is 0. The number of aromatic nitrogens is 1. The lowest BCUT2D eigenvalue weighted by molar-refractivity contribution is -0.661. The van der Waals surface area contributed by atoms with Gasteiger partial charge in [-0.2, -0.15) is 0 Å². The summed E-state index contributed by atoms with van der Waals surface area (Å²) in [6, 6.07) is 12.7. The summed E-state index contributed by atoms with van der Waals surface area (Å²) in [6.07, 6.45) is 2.74. The first-order chi connectivity index (χ1) is 9.94. The van der Waals surface area contributed by atoms with Crippen LogP contribution >= 0.6 is 0 Å². The first-order valence-corrected chi connectivity index (χ1v) is 7.50. The van der Waals surface area contributed by atoms with Crippen LogP contribution in [-0.2, 0) is 12.5 Å². The average Bonchev–Trinajstić information content (AvgIpc) is 2.50. The van der Waals surface area contributed by atoms with Crippen LogP contribution in [0.2, 0.25) is 0 Å². The van der Waals surface area contributed by atoms with Crippen LogP contribution in [0.15, 0.2) is 42.6 Å². The van der Waals surface area contributed by atoms with Gasteiger partial charge >= 0.3 is 0 Å². The summed E-state index contributed by atoms with van der Waals surface area (Å²) in [5.74, 6) is 0. The molecule has 106 valence electrons.